The number of nitrogens with two attached hydrogens (primary N) is 1. The van der Waals surface area contributed by atoms with Crippen molar-refractivity contribution in [1.29, 1.82) is 0 Å². The third-order valence-corrected chi connectivity index (χ3v) is 3.48. The van der Waals surface area contributed by atoms with Crippen LogP contribution in [0.4, 0.5) is 0 Å². The van der Waals surface area contributed by atoms with Crippen molar-refractivity contribution in [2.45, 2.75) is 12.8 Å². The fraction of sp³-hybridized carbons (Fsp3) is 0.750. The van der Waals surface area contributed by atoms with Crippen LogP contribution in [0.3, 0.4) is 0 Å². The summed E-state index contributed by atoms with van der Waals surface area (Å²) in [6, 6.07) is 0. The van der Waals surface area contributed by atoms with Gasteiger partial charge in [-0.3, -0.25) is 9.59 Å². The summed E-state index contributed by atoms with van der Waals surface area (Å²) < 4.78 is 0. The third-order valence-electron chi connectivity index (χ3n) is 3.33. The number of hydrogen-bond acceptors (Lipinski definition) is 4. The maximum absolute atomic E-state index is 11.8. The highest BCUT2D eigenvalue weighted by atomic mass is 32.1. The van der Waals surface area contributed by atoms with Crippen molar-refractivity contribution in [1.82, 2.24) is 15.1 Å². The zero-order chi connectivity index (χ0) is 14.4. The van der Waals surface area contributed by atoms with Gasteiger partial charge < -0.3 is 20.9 Å². The minimum absolute atomic E-state index is 0.0575. The van der Waals surface area contributed by atoms with E-state index < -0.39 is 11.8 Å². The Morgan fingerprint density at radius 1 is 1.42 bits per heavy atom. The lowest BCUT2D eigenvalue weighted by molar-refractivity contribution is -0.145. The smallest absolute Gasteiger partial charge is 0.311 e. The van der Waals surface area contributed by atoms with Gasteiger partial charge in [0.15, 0.2) is 0 Å². The second-order valence-electron chi connectivity index (χ2n) is 5.08. The number of thiocarbonyl (C=S) groups is 1. The van der Waals surface area contributed by atoms with Crippen molar-refractivity contribution in [3.05, 3.63) is 0 Å². The molecule has 0 aromatic carbocycles. The normalized spacial score (nSPS) is 16.9. The number of carbonyl (C=O) groups excluding carboxylic acids is 2. The Hall–Kier alpha value is -1.21. The molecule has 0 aliphatic carbocycles. The number of carbonyl (C=O) groups is 2. The molecule has 0 aromatic heterocycles. The summed E-state index contributed by atoms with van der Waals surface area (Å²) in [6.07, 6.45) is 2.12. The molecule has 1 fully saturated rings. The van der Waals surface area contributed by atoms with Crippen molar-refractivity contribution in [2.24, 2.45) is 11.7 Å². The van der Waals surface area contributed by atoms with E-state index in [2.05, 4.69) is 29.5 Å². The highest BCUT2D eigenvalue weighted by Crippen LogP contribution is 2.16. The molecule has 0 aromatic rings. The molecule has 0 atom stereocenters. The van der Waals surface area contributed by atoms with E-state index in [1.807, 2.05) is 0 Å². The molecular formula is C12H22N4O2S. The molecule has 0 radical (unpaired) electrons. The van der Waals surface area contributed by atoms with Gasteiger partial charge in [-0.2, -0.15) is 0 Å². The molecule has 1 rings (SSSR count). The van der Waals surface area contributed by atoms with E-state index in [1.165, 1.54) is 4.90 Å². The van der Waals surface area contributed by atoms with Crippen molar-refractivity contribution in [3.63, 3.8) is 0 Å². The van der Waals surface area contributed by atoms with Crippen molar-refractivity contribution < 1.29 is 9.59 Å². The Balaban J connectivity index is 2.35. The van der Waals surface area contributed by atoms with Crippen LogP contribution < -0.4 is 11.1 Å². The number of nitrogens with one attached hydrogen (secondary N) is 1. The van der Waals surface area contributed by atoms with E-state index in [-0.39, 0.29) is 11.5 Å². The Labute approximate surface area is 119 Å². The number of nitrogens with zero attached hydrogens (tertiary/aromatic N) is 2. The highest BCUT2D eigenvalue weighted by Gasteiger charge is 2.23. The van der Waals surface area contributed by atoms with Gasteiger partial charge in [-0.1, -0.05) is 12.2 Å². The lowest BCUT2D eigenvalue weighted by atomic mass is 9.97. The molecule has 1 aliphatic rings. The van der Waals surface area contributed by atoms with Gasteiger partial charge in [0.2, 0.25) is 0 Å². The van der Waals surface area contributed by atoms with E-state index in [0.717, 1.165) is 25.9 Å². The topological polar surface area (TPSA) is 78.7 Å². The first-order valence-electron chi connectivity index (χ1n) is 6.40. The molecule has 2 amide bonds. The largest absolute Gasteiger partial charge is 0.392 e. The molecule has 1 saturated heterocycles. The molecule has 108 valence electrons. The van der Waals surface area contributed by atoms with Crippen LogP contribution >= 0.6 is 12.2 Å². The second-order valence-corrected chi connectivity index (χ2v) is 5.61. The van der Waals surface area contributed by atoms with Crippen LogP contribution in [0.25, 0.3) is 0 Å². The maximum Gasteiger partial charge on any atom is 0.311 e. The fourth-order valence-electron chi connectivity index (χ4n) is 2.13. The maximum atomic E-state index is 11.8. The Bertz CT molecular complexity index is 354. The van der Waals surface area contributed by atoms with Gasteiger partial charge in [-0.15, -0.1) is 0 Å². The van der Waals surface area contributed by atoms with Crippen molar-refractivity contribution in [3.8, 4) is 0 Å². The summed E-state index contributed by atoms with van der Waals surface area (Å²) in [7, 11) is 3.75. The number of likely N-dealkylation sites (tertiary alicyclic amines) is 1. The predicted octanol–water partition coefficient (Wildman–Crippen LogP) is -0.811. The minimum Gasteiger partial charge on any atom is -0.392 e. The lowest BCUT2D eigenvalue weighted by Gasteiger charge is -2.31. The van der Waals surface area contributed by atoms with Crippen LogP contribution in [0.2, 0.25) is 0 Å². The standard InChI is InChI=1S/C12H22N4O2S/c1-15-5-3-9(4-6-15)8-16(2)12(18)11(17)14-7-10(13)19/h9H,3-8H2,1-2H3,(H2,13,19)(H,14,17). The molecule has 19 heavy (non-hydrogen) atoms. The Morgan fingerprint density at radius 3 is 2.53 bits per heavy atom. The van der Waals surface area contributed by atoms with Gasteiger partial charge in [0, 0.05) is 13.6 Å². The summed E-state index contributed by atoms with van der Waals surface area (Å²) in [6.45, 7) is 2.76. The number of rotatable bonds is 4. The minimum atomic E-state index is -0.650. The summed E-state index contributed by atoms with van der Waals surface area (Å²) in [5.41, 5.74) is 5.27. The van der Waals surface area contributed by atoms with Crippen LogP contribution in [0, 0.1) is 5.92 Å². The van der Waals surface area contributed by atoms with Crippen LogP contribution in [-0.2, 0) is 9.59 Å². The van der Waals surface area contributed by atoms with Crippen molar-refractivity contribution in [2.75, 3.05) is 40.3 Å². The molecule has 0 saturated carbocycles. The van der Waals surface area contributed by atoms with Gasteiger partial charge in [0.05, 0.1) is 11.5 Å². The van der Waals surface area contributed by atoms with E-state index in [9.17, 15) is 9.59 Å². The Morgan fingerprint density at radius 2 is 2.00 bits per heavy atom. The van der Waals surface area contributed by atoms with Crippen molar-refractivity contribution >= 4 is 29.0 Å². The second kappa shape index (κ2) is 7.40. The van der Waals surface area contributed by atoms with Gasteiger partial charge in [0.25, 0.3) is 0 Å². The van der Waals surface area contributed by atoms with Crippen LogP contribution in [0.1, 0.15) is 12.8 Å². The molecule has 0 unspecified atom stereocenters. The molecule has 0 spiro atoms. The van der Waals surface area contributed by atoms with Crippen LogP contribution in [0.15, 0.2) is 0 Å². The Kier molecular flexibility index (Phi) is 6.17. The summed E-state index contributed by atoms with van der Waals surface area (Å²) in [5.74, 6) is -0.716. The average molecular weight is 286 g/mol. The van der Waals surface area contributed by atoms with Gasteiger partial charge in [-0.25, -0.2) is 0 Å². The summed E-state index contributed by atoms with van der Waals surface area (Å²) in [4.78, 5) is 27.3. The van der Waals surface area contributed by atoms with E-state index in [4.69, 9.17) is 5.73 Å². The third kappa shape index (κ3) is 5.52. The zero-order valence-corrected chi connectivity index (χ0v) is 12.3. The first-order valence-corrected chi connectivity index (χ1v) is 6.81. The zero-order valence-electron chi connectivity index (χ0n) is 11.5. The number of hydrogen-bond donors (Lipinski definition) is 2. The first kappa shape index (κ1) is 15.8. The van der Waals surface area contributed by atoms with E-state index in [0.29, 0.717) is 12.5 Å². The SMILES string of the molecule is CN1CCC(CN(C)C(=O)C(=O)NCC(N)=S)CC1. The number of piperidine rings is 1. The molecule has 0 bridgehead atoms. The molecular weight excluding hydrogens is 264 g/mol. The van der Waals surface area contributed by atoms with Gasteiger partial charge >= 0.3 is 11.8 Å². The van der Waals surface area contributed by atoms with Gasteiger partial charge in [-0.05, 0) is 38.9 Å². The van der Waals surface area contributed by atoms with Crippen LogP contribution in [-0.4, -0.2) is 66.9 Å². The highest BCUT2D eigenvalue weighted by molar-refractivity contribution is 7.80. The average Bonchev–Trinajstić information content (AvgIpc) is 2.37. The quantitative estimate of drug-likeness (QED) is 0.522. The molecule has 3 N–H and O–H groups in total. The molecule has 7 heteroatoms. The van der Waals surface area contributed by atoms with Crippen LogP contribution in [0.5, 0.6) is 0 Å². The summed E-state index contributed by atoms with van der Waals surface area (Å²) >= 11 is 4.64. The fourth-order valence-corrected chi connectivity index (χ4v) is 2.20. The molecule has 1 heterocycles. The predicted molar refractivity (Wildman–Crippen MR) is 77.7 cm³/mol. The van der Waals surface area contributed by atoms with Gasteiger partial charge in [0.1, 0.15) is 0 Å². The number of likely N-dealkylation sites (N-methyl/N-ethyl adjacent to an activating group) is 1. The molecule has 1 aliphatic heterocycles. The monoisotopic (exact) mass is 286 g/mol. The van der Waals surface area contributed by atoms with E-state index in [1.54, 1.807) is 7.05 Å². The first-order chi connectivity index (χ1) is 8.90. The van der Waals surface area contributed by atoms with E-state index >= 15 is 0 Å². The summed E-state index contributed by atoms with van der Waals surface area (Å²) in [5, 5.41) is 2.40. The molecule has 6 nitrogen and oxygen atoms in total. The number of amides is 2. The lowest BCUT2D eigenvalue weighted by Crippen LogP contribution is -2.45.